The normalized spacial score (nSPS) is 19.3. The van der Waals surface area contributed by atoms with Gasteiger partial charge >= 0.3 is 0 Å². The van der Waals surface area contributed by atoms with Crippen molar-refractivity contribution in [2.45, 2.75) is 32.6 Å². The molecule has 0 aromatic carbocycles. The van der Waals surface area contributed by atoms with Crippen LogP contribution in [0.4, 0.5) is 0 Å². The van der Waals surface area contributed by atoms with Crippen molar-refractivity contribution >= 4 is 5.91 Å². The molecule has 1 aliphatic rings. The van der Waals surface area contributed by atoms with Crippen molar-refractivity contribution < 1.29 is 4.79 Å². The van der Waals surface area contributed by atoms with Gasteiger partial charge in [0.25, 0.3) is 0 Å². The van der Waals surface area contributed by atoms with Gasteiger partial charge in [-0.05, 0) is 31.7 Å². The Balaban J connectivity index is 2.42. The van der Waals surface area contributed by atoms with Crippen LogP contribution in [0.5, 0.6) is 0 Å². The summed E-state index contributed by atoms with van der Waals surface area (Å²) in [7, 11) is 1.85. The van der Waals surface area contributed by atoms with Crippen molar-refractivity contribution in [1.29, 1.82) is 0 Å². The van der Waals surface area contributed by atoms with Crippen LogP contribution in [0.1, 0.15) is 32.6 Å². The molecule has 1 amide bonds. The largest absolute Gasteiger partial charge is 0.346 e. The molecule has 0 radical (unpaired) electrons. The van der Waals surface area contributed by atoms with Gasteiger partial charge in [-0.25, -0.2) is 0 Å². The predicted molar refractivity (Wildman–Crippen MR) is 53.3 cm³/mol. The third-order valence-electron chi connectivity index (χ3n) is 3.27. The average Bonchev–Trinajstić information content (AvgIpc) is 2.09. The molecule has 1 aliphatic carbocycles. The van der Waals surface area contributed by atoms with Gasteiger partial charge in [0, 0.05) is 20.0 Å². The van der Waals surface area contributed by atoms with E-state index >= 15 is 0 Å². The van der Waals surface area contributed by atoms with Crippen LogP contribution in [-0.4, -0.2) is 30.9 Å². The Kier molecular flexibility index (Phi) is 3.31. The Hall–Kier alpha value is -0.570. The molecule has 0 bridgehead atoms. The first-order chi connectivity index (χ1) is 6.13. The Morgan fingerprint density at radius 1 is 1.54 bits per heavy atom. The first-order valence-corrected chi connectivity index (χ1v) is 5.07. The molecule has 2 N–H and O–H groups in total. The summed E-state index contributed by atoms with van der Waals surface area (Å²) in [5.41, 5.74) is 5.84. The molecule has 0 unspecified atom stereocenters. The molecule has 0 aliphatic heterocycles. The van der Waals surface area contributed by atoms with Gasteiger partial charge in [-0.1, -0.05) is 6.42 Å². The number of amides is 1. The van der Waals surface area contributed by atoms with Gasteiger partial charge < -0.3 is 10.6 Å². The molecule has 1 rings (SSSR count). The summed E-state index contributed by atoms with van der Waals surface area (Å²) in [6, 6.07) is 0. The molecule has 0 heterocycles. The summed E-state index contributed by atoms with van der Waals surface area (Å²) >= 11 is 0. The average molecular weight is 184 g/mol. The van der Waals surface area contributed by atoms with Gasteiger partial charge in [-0.15, -0.1) is 0 Å². The smallest absolute Gasteiger partial charge is 0.222 e. The highest BCUT2D eigenvalue weighted by molar-refractivity contribution is 5.76. The van der Waals surface area contributed by atoms with Crippen molar-refractivity contribution in [2.75, 3.05) is 20.1 Å². The van der Waals surface area contributed by atoms with Crippen LogP contribution in [-0.2, 0) is 4.79 Å². The van der Waals surface area contributed by atoms with Gasteiger partial charge in [-0.2, -0.15) is 0 Å². The summed E-state index contributed by atoms with van der Waals surface area (Å²) in [4.78, 5) is 13.4. The van der Waals surface area contributed by atoms with Crippen molar-refractivity contribution in [2.24, 2.45) is 11.1 Å². The number of hydrogen-bond acceptors (Lipinski definition) is 2. The molecular formula is C10H20N2O. The number of carbonyl (C=O) groups excluding carboxylic acids is 1. The fraction of sp³-hybridized carbons (Fsp3) is 0.900. The minimum atomic E-state index is 0.153. The summed E-state index contributed by atoms with van der Waals surface area (Å²) in [5, 5.41) is 0. The number of rotatable bonds is 4. The minimum Gasteiger partial charge on any atom is -0.346 e. The van der Waals surface area contributed by atoms with Gasteiger partial charge in [0.05, 0.1) is 0 Å². The molecule has 0 aromatic rings. The maximum atomic E-state index is 11.6. The van der Waals surface area contributed by atoms with Gasteiger partial charge in [0.1, 0.15) is 0 Å². The lowest BCUT2D eigenvalue weighted by Gasteiger charge is -2.41. The number of hydrogen-bond donors (Lipinski definition) is 1. The van der Waals surface area contributed by atoms with Crippen molar-refractivity contribution in [3.63, 3.8) is 0 Å². The highest BCUT2D eigenvalue weighted by Crippen LogP contribution is 2.43. The Morgan fingerprint density at radius 3 is 2.46 bits per heavy atom. The van der Waals surface area contributed by atoms with Crippen molar-refractivity contribution in [3.05, 3.63) is 0 Å². The number of nitrogens with two attached hydrogens (primary N) is 1. The van der Waals surface area contributed by atoms with Crippen LogP contribution >= 0.6 is 0 Å². The maximum Gasteiger partial charge on any atom is 0.222 e. The zero-order chi connectivity index (χ0) is 9.90. The number of carbonyl (C=O) groups is 1. The van der Waals surface area contributed by atoms with E-state index in [1.54, 1.807) is 4.90 Å². The fourth-order valence-electron chi connectivity index (χ4n) is 1.76. The molecule has 76 valence electrons. The van der Waals surface area contributed by atoms with Crippen molar-refractivity contribution in [3.8, 4) is 0 Å². The van der Waals surface area contributed by atoms with E-state index in [9.17, 15) is 4.79 Å². The first kappa shape index (κ1) is 10.5. The molecule has 13 heavy (non-hydrogen) atoms. The standard InChI is InChI=1S/C10H20N2O/c1-3-12(2)9(13)7-10(8-11)5-4-6-10/h3-8,11H2,1-2H3. The Labute approximate surface area is 80.3 Å². The van der Waals surface area contributed by atoms with Crippen LogP contribution in [0.25, 0.3) is 0 Å². The monoisotopic (exact) mass is 184 g/mol. The fourth-order valence-corrected chi connectivity index (χ4v) is 1.76. The molecule has 1 saturated carbocycles. The molecule has 3 heteroatoms. The third kappa shape index (κ3) is 2.21. The quantitative estimate of drug-likeness (QED) is 0.708. The van der Waals surface area contributed by atoms with Gasteiger partial charge in [-0.3, -0.25) is 4.79 Å². The van der Waals surface area contributed by atoms with Gasteiger partial charge in [0.2, 0.25) is 5.91 Å². The first-order valence-electron chi connectivity index (χ1n) is 5.07. The van der Waals surface area contributed by atoms with E-state index in [-0.39, 0.29) is 11.3 Å². The predicted octanol–water partition coefficient (Wildman–Crippen LogP) is 0.984. The molecule has 3 nitrogen and oxygen atoms in total. The lowest BCUT2D eigenvalue weighted by molar-refractivity contribution is -0.133. The zero-order valence-electron chi connectivity index (χ0n) is 8.68. The van der Waals surface area contributed by atoms with E-state index < -0.39 is 0 Å². The highest BCUT2D eigenvalue weighted by Gasteiger charge is 2.37. The Morgan fingerprint density at radius 2 is 2.15 bits per heavy atom. The second kappa shape index (κ2) is 4.09. The van der Waals surface area contributed by atoms with Crippen LogP contribution in [0.3, 0.4) is 0 Å². The van der Waals surface area contributed by atoms with E-state index in [4.69, 9.17) is 5.73 Å². The molecule has 0 spiro atoms. The number of nitrogens with zero attached hydrogens (tertiary/aromatic N) is 1. The van der Waals surface area contributed by atoms with Crippen LogP contribution in [0.2, 0.25) is 0 Å². The lowest BCUT2D eigenvalue weighted by atomic mass is 9.66. The molecule has 0 atom stereocenters. The van der Waals surface area contributed by atoms with E-state index in [1.165, 1.54) is 6.42 Å². The van der Waals surface area contributed by atoms with E-state index in [0.717, 1.165) is 19.4 Å². The second-order valence-electron chi connectivity index (χ2n) is 4.14. The molecule has 0 aromatic heterocycles. The summed E-state index contributed by atoms with van der Waals surface area (Å²) in [5.74, 6) is 0.243. The zero-order valence-corrected chi connectivity index (χ0v) is 8.68. The minimum absolute atomic E-state index is 0.153. The lowest BCUT2D eigenvalue weighted by Crippen LogP contribution is -2.42. The van der Waals surface area contributed by atoms with E-state index in [2.05, 4.69) is 0 Å². The summed E-state index contributed by atoms with van der Waals surface area (Å²) in [6.45, 7) is 3.45. The molecule has 1 fully saturated rings. The summed E-state index contributed by atoms with van der Waals surface area (Å²) in [6.07, 6.45) is 4.15. The van der Waals surface area contributed by atoms with E-state index in [1.807, 2.05) is 14.0 Å². The summed E-state index contributed by atoms with van der Waals surface area (Å²) < 4.78 is 0. The molecular weight excluding hydrogens is 164 g/mol. The van der Waals surface area contributed by atoms with Gasteiger partial charge in [0.15, 0.2) is 0 Å². The second-order valence-corrected chi connectivity index (χ2v) is 4.14. The van der Waals surface area contributed by atoms with Crippen molar-refractivity contribution in [1.82, 2.24) is 4.90 Å². The maximum absolute atomic E-state index is 11.6. The van der Waals surface area contributed by atoms with Crippen LogP contribution in [0.15, 0.2) is 0 Å². The highest BCUT2D eigenvalue weighted by atomic mass is 16.2. The molecule has 0 saturated heterocycles. The SMILES string of the molecule is CCN(C)C(=O)CC1(CN)CCC1. The topological polar surface area (TPSA) is 46.3 Å². The Bertz CT molecular complexity index is 182. The van der Waals surface area contributed by atoms with Crippen LogP contribution < -0.4 is 5.73 Å². The van der Waals surface area contributed by atoms with Crippen LogP contribution in [0, 0.1) is 5.41 Å². The van der Waals surface area contributed by atoms with E-state index in [0.29, 0.717) is 13.0 Å². The third-order valence-corrected chi connectivity index (χ3v) is 3.27.